The molecule has 1 aliphatic heterocycles. The van der Waals surface area contributed by atoms with Gasteiger partial charge in [-0.25, -0.2) is 0 Å². The van der Waals surface area contributed by atoms with Gasteiger partial charge in [-0.15, -0.1) is 0 Å². The lowest BCUT2D eigenvalue weighted by atomic mass is 9.92. The summed E-state index contributed by atoms with van der Waals surface area (Å²) in [5.41, 5.74) is 0.757. The van der Waals surface area contributed by atoms with Crippen molar-refractivity contribution in [3.8, 4) is 0 Å². The van der Waals surface area contributed by atoms with E-state index in [-0.39, 0.29) is 11.8 Å². The Hall–Kier alpha value is -1.40. The van der Waals surface area contributed by atoms with Gasteiger partial charge in [0, 0.05) is 25.3 Å². The molecule has 106 valence electrons. The van der Waals surface area contributed by atoms with E-state index in [0.29, 0.717) is 19.2 Å². The first kappa shape index (κ1) is 14.0. The molecule has 0 aliphatic carbocycles. The van der Waals surface area contributed by atoms with Crippen molar-refractivity contribution in [3.05, 3.63) is 12.4 Å². The molecule has 2 rings (SSSR count). The van der Waals surface area contributed by atoms with Crippen LogP contribution in [-0.4, -0.2) is 42.0 Å². The number of carbonyl (C=O) groups is 1. The normalized spacial score (nSPS) is 23.3. The first-order chi connectivity index (χ1) is 9.19. The minimum absolute atomic E-state index is 0.0959. The zero-order chi connectivity index (χ0) is 13.7. The number of methoxy groups -OCH3 is 1. The summed E-state index contributed by atoms with van der Waals surface area (Å²) in [6, 6.07) is 0.411. The fourth-order valence-corrected chi connectivity index (χ4v) is 2.35. The molecule has 1 aromatic heterocycles. The number of rotatable bonds is 5. The number of nitrogens with zero attached hydrogens (tertiary/aromatic N) is 2. The number of amides is 1. The van der Waals surface area contributed by atoms with Gasteiger partial charge in [0.1, 0.15) is 0 Å². The molecule has 19 heavy (non-hydrogen) atoms. The van der Waals surface area contributed by atoms with Gasteiger partial charge in [-0.3, -0.25) is 9.48 Å². The molecule has 2 heterocycles. The van der Waals surface area contributed by atoms with Crippen LogP contribution in [0.5, 0.6) is 0 Å². The lowest BCUT2D eigenvalue weighted by molar-refractivity contribution is -0.120. The summed E-state index contributed by atoms with van der Waals surface area (Å²) in [5, 5.41) is 10.5. The van der Waals surface area contributed by atoms with Gasteiger partial charge < -0.3 is 15.4 Å². The lowest BCUT2D eigenvalue weighted by Gasteiger charge is -2.26. The highest BCUT2D eigenvalue weighted by atomic mass is 16.5. The molecule has 1 fully saturated rings. The predicted molar refractivity (Wildman–Crippen MR) is 72.9 cm³/mol. The van der Waals surface area contributed by atoms with Crippen LogP contribution in [0.4, 0.5) is 5.69 Å². The topological polar surface area (TPSA) is 68.2 Å². The number of hydrogen-bond acceptors (Lipinski definition) is 4. The second-order valence-electron chi connectivity index (χ2n) is 5.05. The summed E-state index contributed by atoms with van der Waals surface area (Å²) >= 11 is 0. The molecule has 0 spiro atoms. The fraction of sp³-hybridized carbons (Fsp3) is 0.692. The zero-order valence-electron chi connectivity index (χ0n) is 11.6. The molecule has 0 radical (unpaired) electrons. The van der Waals surface area contributed by atoms with Crippen molar-refractivity contribution in [3.63, 3.8) is 0 Å². The minimum Gasteiger partial charge on any atom is -0.383 e. The average molecular weight is 266 g/mol. The van der Waals surface area contributed by atoms with Gasteiger partial charge >= 0.3 is 0 Å². The number of hydrogen-bond donors (Lipinski definition) is 2. The van der Waals surface area contributed by atoms with E-state index in [9.17, 15) is 4.79 Å². The molecule has 0 aromatic carbocycles. The maximum atomic E-state index is 12.1. The number of piperidine rings is 1. The van der Waals surface area contributed by atoms with Crippen molar-refractivity contribution in [2.24, 2.45) is 5.92 Å². The Kier molecular flexibility index (Phi) is 4.93. The van der Waals surface area contributed by atoms with Crippen LogP contribution in [0.15, 0.2) is 12.4 Å². The fourth-order valence-electron chi connectivity index (χ4n) is 2.35. The molecule has 6 heteroatoms. The second-order valence-corrected chi connectivity index (χ2v) is 5.05. The third-order valence-electron chi connectivity index (χ3n) is 3.42. The van der Waals surface area contributed by atoms with Crippen molar-refractivity contribution in [1.82, 2.24) is 15.1 Å². The van der Waals surface area contributed by atoms with Crippen LogP contribution in [0.25, 0.3) is 0 Å². The lowest BCUT2D eigenvalue weighted by Crippen LogP contribution is -2.40. The number of nitrogens with one attached hydrogen (secondary N) is 2. The van der Waals surface area contributed by atoms with E-state index in [0.717, 1.165) is 25.1 Å². The third kappa shape index (κ3) is 4.04. The predicted octanol–water partition coefficient (Wildman–Crippen LogP) is 0.856. The van der Waals surface area contributed by atoms with Gasteiger partial charge in [-0.05, 0) is 26.3 Å². The van der Waals surface area contributed by atoms with Gasteiger partial charge in [0.2, 0.25) is 5.91 Å². The summed E-state index contributed by atoms with van der Waals surface area (Å²) in [6.45, 7) is 4.33. The van der Waals surface area contributed by atoms with E-state index in [1.54, 1.807) is 18.0 Å². The Labute approximate surface area is 113 Å². The standard InChI is InChI=1S/C13H22N4O2/c1-10-7-11(3-4-14-10)13(18)16-12-8-15-17(9-12)5-6-19-2/h8-11,14H,3-7H2,1-2H3,(H,16,18)/t10-,11-/m0/s1. The van der Waals surface area contributed by atoms with E-state index in [1.165, 1.54) is 0 Å². The van der Waals surface area contributed by atoms with Crippen molar-refractivity contribution in [2.45, 2.75) is 32.4 Å². The Morgan fingerprint density at radius 2 is 2.53 bits per heavy atom. The molecule has 0 bridgehead atoms. The molecule has 0 saturated carbocycles. The van der Waals surface area contributed by atoms with E-state index < -0.39 is 0 Å². The van der Waals surface area contributed by atoms with Crippen LogP contribution in [0.3, 0.4) is 0 Å². The SMILES string of the molecule is COCCn1cc(NC(=O)[C@H]2CCN[C@@H](C)C2)cn1. The molecule has 1 saturated heterocycles. The zero-order valence-corrected chi connectivity index (χ0v) is 11.6. The Morgan fingerprint density at radius 1 is 1.68 bits per heavy atom. The molecular formula is C13H22N4O2. The maximum absolute atomic E-state index is 12.1. The summed E-state index contributed by atoms with van der Waals surface area (Å²) < 4.78 is 6.76. The Bertz CT molecular complexity index is 419. The first-order valence-corrected chi connectivity index (χ1v) is 6.74. The summed E-state index contributed by atoms with van der Waals surface area (Å²) in [6.07, 6.45) is 5.30. The molecule has 1 aliphatic rings. The third-order valence-corrected chi connectivity index (χ3v) is 3.42. The molecular weight excluding hydrogens is 244 g/mol. The van der Waals surface area contributed by atoms with Crippen molar-refractivity contribution in [2.75, 3.05) is 25.6 Å². The highest BCUT2D eigenvalue weighted by Gasteiger charge is 2.24. The molecule has 1 amide bonds. The van der Waals surface area contributed by atoms with Gasteiger partial charge in [0.05, 0.1) is 25.0 Å². The quantitative estimate of drug-likeness (QED) is 0.829. The summed E-state index contributed by atoms with van der Waals surface area (Å²) in [4.78, 5) is 12.1. The van der Waals surface area contributed by atoms with Crippen LogP contribution in [0.2, 0.25) is 0 Å². The summed E-state index contributed by atoms with van der Waals surface area (Å²) in [7, 11) is 1.66. The largest absolute Gasteiger partial charge is 0.383 e. The van der Waals surface area contributed by atoms with Crippen LogP contribution in [0, 0.1) is 5.92 Å². The van der Waals surface area contributed by atoms with E-state index >= 15 is 0 Å². The Balaban J connectivity index is 1.86. The summed E-state index contributed by atoms with van der Waals surface area (Å²) in [5.74, 6) is 0.193. The molecule has 2 N–H and O–H groups in total. The van der Waals surface area contributed by atoms with Gasteiger partial charge in [0.25, 0.3) is 0 Å². The van der Waals surface area contributed by atoms with Crippen LogP contribution < -0.4 is 10.6 Å². The Morgan fingerprint density at radius 3 is 3.26 bits per heavy atom. The monoisotopic (exact) mass is 266 g/mol. The maximum Gasteiger partial charge on any atom is 0.227 e. The molecule has 0 unspecified atom stereocenters. The van der Waals surface area contributed by atoms with Crippen molar-refractivity contribution >= 4 is 11.6 Å². The van der Waals surface area contributed by atoms with Gasteiger partial charge in [-0.2, -0.15) is 5.10 Å². The van der Waals surface area contributed by atoms with Crippen molar-refractivity contribution < 1.29 is 9.53 Å². The molecule has 1 aromatic rings. The number of anilines is 1. The van der Waals surface area contributed by atoms with Crippen LogP contribution in [0.1, 0.15) is 19.8 Å². The van der Waals surface area contributed by atoms with Crippen LogP contribution >= 0.6 is 0 Å². The first-order valence-electron chi connectivity index (χ1n) is 6.74. The van der Waals surface area contributed by atoms with E-state index in [2.05, 4.69) is 22.7 Å². The highest BCUT2D eigenvalue weighted by molar-refractivity contribution is 5.92. The van der Waals surface area contributed by atoms with Gasteiger partial charge in [0.15, 0.2) is 0 Å². The van der Waals surface area contributed by atoms with E-state index in [1.807, 2.05) is 6.20 Å². The highest BCUT2D eigenvalue weighted by Crippen LogP contribution is 2.18. The molecule has 2 atom stereocenters. The number of carbonyl (C=O) groups excluding carboxylic acids is 1. The second kappa shape index (κ2) is 6.68. The average Bonchev–Trinajstić information content (AvgIpc) is 2.84. The number of aromatic nitrogens is 2. The van der Waals surface area contributed by atoms with Crippen molar-refractivity contribution in [1.29, 1.82) is 0 Å². The number of ether oxygens (including phenoxy) is 1. The smallest absolute Gasteiger partial charge is 0.227 e. The van der Waals surface area contributed by atoms with Gasteiger partial charge in [-0.1, -0.05) is 0 Å². The minimum atomic E-state index is 0.0959. The van der Waals surface area contributed by atoms with E-state index in [4.69, 9.17) is 4.74 Å². The molecule has 6 nitrogen and oxygen atoms in total. The van der Waals surface area contributed by atoms with Crippen LogP contribution in [-0.2, 0) is 16.1 Å².